The molecule has 0 bridgehead atoms. The topological polar surface area (TPSA) is 21.7 Å². The minimum absolute atomic E-state index is 0.377. The highest BCUT2D eigenvalue weighted by Crippen LogP contribution is 2.48. The van der Waals surface area contributed by atoms with Crippen LogP contribution in [0, 0.1) is 0 Å². The quantitative estimate of drug-likeness (QED) is 0.558. The van der Waals surface area contributed by atoms with Gasteiger partial charge in [0, 0.05) is 36.1 Å². The first-order valence-corrected chi connectivity index (χ1v) is 10.4. The molecule has 2 aliphatic heterocycles. The standard InChI is InChI=1S/C22H23BrF3NO2/c1-20(2)13-21(18-11-17(23)7-8-19(18)29-20)14-27(9-10-28-21)12-15-3-5-16(6-4-15)22(24,25)26/h3-8,11H,9-10,12-14H2,1-2H3. The molecule has 4 rings (SSSR count). The normalized spacial score (nSPS) is 24.2. The summed E-state index contributed by atoms with van der Waals surface area (Å²) in [6.07, 6.45) is -3.61. The van der Waals surface area contributed by atoms with Gasteiger partial charge in [-0.05, 0) is 49.7 Å². The van der Waals surface area contributed by atoms with Crippen LogP contribution in [0.3, 0.4) is 0 Å². The second-order valence-corrected chi connectivity index (χ2v) is 9.34. The summed E-state index contributed by atoms with van der Waals surface area (Å²) in [5.74, 6) is 0.820. The Morgan fingerprint density at radius 3 is 2.52 bits per heavy atom. The number of benzene rings is 2. The Bertz CT molecular complexity index is 898. The molecule has 2 aromatic carbocycles. The van der Waals surface area contributed by atoms with Gasteiger partial charge in [0.1, 0.15) is 17.0 Å². The molecule has 0 radical (unpaired) electrons. The van der Waals surface area contributed by atoms with E-state index in [1.54, 1.807) is 12.1 Å². The van der Waals surface area contributed by atoms with Gasteiger partial charge >= 0.3 is 6.18 Å². The van der Waals surface area contributed by atoms with Crippen LogP contribution >= 0.6 is 15.9 Å². The molecule has 1 fully saturated rings. The summed E-state index contributed by atoms with van der Waals surface area (Å²) in [7, 11) is 0. The van der Waals surface area contributed by atoms with Crippen LogP contribution in [0.25, 0.3) is 0 Å². The fraction of sp³-hybridized carbons (Fsp3) is 0.455. The Labute approximate surface area is 176 Å². The second-order valence-electron chi connectivity index (χ2n) is 8.43. The van der Waals surface area contributed by atoms with E-state index in [-0.39, 0.29) is 5.60 Å². The van der Waals surface area contributed by atoms with Crippen LogP contribution < -0.4 is 4.74 Å². The smallest absolute Gasteiger partial charge is 0.416 e. The third-order valence-corrected chi connectivity index (χ3v) is 5.98. The van der Waals surface area contributed by atoms with Gasteiger partial charge in [0.15, 0.2) is 0 Å². The Morgan fingerprint density at radius 1 is 1.10 bits per heavy atom. The molecule has 7 heteroatoms. The van der Waals surface area contributed by atoms with Crippen LogP contribution in [0.4, 0.5) is 13.2 Å². The van der Waals surface area contributed by atoms with Crippen molar-refractivity contribution in [3.63, 3.8) is 0 Å². The molecule has 1 unspecified atom stereocenters. The van der Waals surface area contributed by atoms with Crippen LogP contribution in [-0.4, -0.2) is 30.2 Å². The van der Waals surface area contributed by atoms with Gasteiger partial charge in [-0.15, -0.1) is 0 Å². The first-order valence-electron chi connectivity index (χ1n) is 9.58. The van der Waals surface area contributed by atoms with E-state index in [0.717, 1.165) is 40.0 Å². The maximum atomic E-state index is 12.8. The number of morpholine rings is 1. The van der Waals surface area contributed by atoms with Gasteiger partial charge in [0.2, 0.25) is 0 Å². The Morgan fingerprint density at radius 2 is 1.83 bits per heavy atom. The predicted molar refractivity (Wildman–Crippen MR) is 108 cm³/mol. The van der Waals surface area contributed by atoms with Crippen LogP contribution in [0.15, 0.2) is 46.9 Å². The Hall–Kier alpha value is -1.57. The number of rotatable bonds is 2. The lowest BCUT2D eigenvalue weighted by molar-refractivity contribution is -0.157. The Kier molecular flexibility index (Phi) is 5.20. The zero-order valence-corrected chi connectivity index (χ0v) is 17.9. The molecule has 0 aromatic heterocycles. The Balaban J connectivity index is 1.59. The molecule has 29 heavy (non-hydrogen) atoms. The van der Waals surface area contributed by atoms with Gasteiger partial charge in [-0.1, -0.05) is 28.1 Å². The molecular weight excluding hydrogens is 447 g/mol. The number of hydrogen-bond donors (Lipinski definition) is 0. The summed E-state index contributed by atoms with van der Waals surface area (Å²) in [4.78, 5) is 2.25. The lowest BCUT2D eigenvalue weighted by Gasteiger charge is -2.50. The van der Waals surface area contributed by atoms with Crippen molar-refractivity contribution in [1.29, 1.82) is 0 Å². The highest BCUT2D eigenvalue weighted by atomic mass is 79.9. The van der Waals surface area contributed by atoms with Crippen LogP contribution in [0.1, 0.15) is 37.0 Å². The van der Waals surface area contributed by atoms with Crippen molar-refractivity contribution in [2.24, 2.45) is 0 Å². The van der Waals surface area contributed by atoms with Gasteiger partial charge in [-0.2, -0.15) is 13.2 Å². The van der Waals surface area contributed by atoms with E-state index < -0.39 is 17.3 Å². The van der Waals surface area contributed by atoms with E-state index in [2.05, 4.69) is 34.7 Å². The summed E-state index contributed by atoms with van der Waals surface area (Å²) < 4.78 is 52.0. The lowest BCUT2D eigenvalue weighted by Crippen LogP contribution is -2.55. The minimum atomic E-state index is -4.31. The molecule has 1 saturated heterocycles. The van der Waals surface area contributed by atoms with E-state index in [4.69, 9.17) is 9.47 Å². The highest BCUT2D eigenvalue weighted by Gasteiger charge is 2.48. The summed E-state index contributed by atoms with van der Waals surface area (Å²) in [6.45, 7) is 6.63. The summed E-state index contributed by atoms with van der Waals surface area (Å²) >= 11 is 3.54. The first-order chi connectivity index (χ1) is 13.6. The number of nitrogens with zero attached hydrogens (tertiary/aromatic N) is 1. The maximum Gasteiger partial charge on any atom is 0.416 e. The van der Waals surface area contributed by atoms with Gasteiger partial charge in [0.25, 0.3) is 0 Å². The van der Waals surface area contributed by atoms with Crippen molar-refractivity contribution in [3.8, 4) is 5.75 Å². The highest BCUT2D eigenvalue weighted by molar-refractivity contribution is 9.10. The largest absolute Gasteiger partial charge is 0.487 e. The summed E-state index contributed by atoms with van der Waals surface area (Å²) in [6, 6.07) is 11.4. The second kappa shape index (κ2) is 7.29. The molecule has 3 nitrogen and oxygen atoms in total. The molecule has 2 heterocycles. The number of fused-ring (bicyclic) bond motifs is 2. The SMILES string of the molecule is CC1(C)CC2(CN(Cc3ccc(C(F)(F)F)cc3)CCO2)c2cc(Br)ccc2O1. The molecule has 2 aromatic rings. The fourth-order valence-corrected chi connectivity index (χ4v) is 4.74. The molecule has 156 valence electrons. The van der Waals surface area contributed by atoms with Crippen molar-refractivity contribution in [2.75, 3.05) is 19.7 Å². The van der Waals surface area contributed by atoms with E-state index >= 15 is 0 Å². The van der Waals surface area contributed by atoms with Crippen molar-refractivity contribution in [1.82, 2.24) is 4.90 Å². The molecule has 0 saturated carbocycles. The van der Waals surface area contributed by atoms with Gasteiger partial charge < -0.3 is 9.47 Å². The number of halogens is 4. The molecular formula is C22H23BrF3NO2. The van der Waals surface area contributed by atoms with Crippen molar-refractivity contribution in [3.05, 3.63) is 63.6 Å². The molecule has 1 spiro atoms. The zero-order chi connectivity index (χ0) is 20.9. The molecule has 1 atom stereocenters. The van der Waals surface area contributed by atoms with Crippen molar-refractivity contribution in [2.45, 2.75) is 44.2 Å². The first kappa shape index (κ1) is 20.7. The average molecular weight is 470 g/mol. The third kappa shape index (κ3) is 4.32. The van der Waals surface area contributed by atoms with Gasteiger partial charge in [-0.3, -0.25) is 4.90 Å². The van der Waals surface area contributed by atoms with E-state index in [9.17, 15) is 13.2 Å². The van der Waals surface area contributed by atoms with Crippen LogP contribution in [-0.2, 0) is 23.1 Å². The number of alkyl halides is 3. The number of hydrogen-bond acceptors (Lipinski definition) is 3. The fourth-order valence-electron chi connectivity index (χ4n) is 4.38. The number of ether oxygens (including phenoxy) is 2. The van der Waals surface area contributed by atoms with Crippen LogP contribution in [0.2, 0.25) is 0 Å². The molecule has 0 N–H and O–H groups in total. The van der Waals surface area contributed by atoms with Gasteiger partial charge in [0.05, 0.1) is 12.2 Å². The lowest BCUT2D eigenvalue weighted by atomic mass is 9.79. The average Bonchev–Trinajstić information content (AvgIpc) is 2.62. The monoisotopic (exact) mass is 469 g/mol. The van der Waals surface area contributed by atoms with Crippen molar-refractivity contribution < 1.29 is 22.6 Å². The zero-order valence-electron chi connectivity index (χ0n) is 16.4. The van der Waals surface area contributed by atoms with E-state index in [0.29, 0.717) is 26.1 Å². The van der Waals surface area contributed by atoms with Crippen LogP contribution in [0.5, 0.6) is 5.75 Å². The van der Waals surface area contributed by atoms with Gasteiger partial charge in [-0.25, -0.2) is 0 Å². The molecule has 0 amide bonds. The third-order valence-electron chi connectivity index (χ3n) is 5.48. The summed E-state index contributed by atoms with van der Waals surface area (Å²) in [5.41, 5.74) is 0.368. The predicted octanol–water partition coefficient (Wildman–Crippen LogP) is 5.76. The van der Waals surface area contributed by atoms with Crippen molar-refractivity contribution >= 4 is 15.9 Å². The maximum absolute atomic E-state index is 12.8. The summed E-state index contributed by atoms with van der Waals surface area (Å²) in [5, 5.41) is 0. The molecule has 0 aliphatic carbocycles. The minimum Gasteiger partial charge on any atom is -0.487 e. The van der Waals surface area contributed by atoms with E-state index in [1.165, 1.54) is 0 Å². The molecule has 2 aliphatic rings. The van der Waals surface area contributed by atoms with E-state index in [1.807, 2.05) is 18.2 Å².